The van der Waals surface area contributed by atoms with E-state index in [1.165, 1.54) is 28.4 Å². The Balaban J connectivity index is 0.000000192. The molecule has 0 unspecified atom stereocenters. The van der Waals surface area contributed by atoms with Crippen molar-refractivity contribution in [3.05, 3.63) is 80.6 Å². The third kappa shape index (κ3) is 4.49. The van der Waals surface area contributed by atoms with Crippen LogP contribution in [0.4, 0.5) is 0 Å². The zero-order chi connectivity index (χ0) is 24.5. The molecule has 3 heterocycles. The summed E-state index contributed by atoms with van der Waals surface area (Å²) in [4.78, 5) is 8.50. The Labute approximate surface area is 214 Å². The van der Waals surface area contributed by atoms with Crippen LogP contribution in [0, 0.1) is 6.92 Å². The summed E-state index contributed by atoms with van der Waals surface area (Å²) in [5.74, 6) is 0.997. The molecule has 1 aliphatic rings. The molecular formula is C24H21Br2N3O4S. The van der Waals surface area contributed by atoms with Crippen LogP contribution in [-0.4, -0.2) is 36.6 Å². The van der Waals surface area contributed by atoms with Crippen LogP contribution in [-0.2, 0) is 16.4 Å². The predicted octanol–water partition coefficient (Wildman–Crippen LogP) is 5.77. The van der Waals surface area contributed by atoms with Crippen molar-refractivity contribution in [1.29, 1.82) is 0 Å². The molecule has 176 valence electrons. The smallest absolute Gasteiger partial charge is 0.268 e. The average molecular weight is 607 g/mol. The topological polar surface area (TPSA) is 83.3 Å². The number of halogens is 2. The number of methoxy groups -OCH3 is 2. The SMILES string of the molecule is COc1ncc(Br)c2c1CC=C2.COc1ncc(Br)c2ccn(S(=O)(=O)c3ccc(C)cc3)c12. The molecule has 0 bridgehead atoms. The predicted molar refractivity (Wildman–Crippen MR) is 139 cm³/mol. The summed E-state index contributed by atoms with van der Waals surface area (Å²) in [5, 5.41) is 0.725. The molecule has 0 amide bonds. The van der Waals surface area contributed by atoms with Crippen LogP contribution in [0.15, 0.2) is 68.8 Å². The van der Waals surface area contributed by atoms with E-state index in [4.69, 9.17) is 9.47 Å². The molecule has 3 aromatic heterocycles. The van der Waals surface area contributed by atoms with Gasteiger partial charge >= 0.3 is 0 Å². The number of nitrogens with zero attached hydrogens (tertiary/aromatic N) is 3. The van der Waals surface area contributed by atoms with E-state index in [0.717, 1.165) is 27.7 Å². The summed E-state index contributed by atoms with van der Waals surface area (Å²) in [7, 11) is -0.601. The standard InChI is InChI=1S/C15H13BrN2O3S.C9H8BrNO/c1-10-3-5-11(6-4-10)22(19,20)18-8-7-12-13(16)9-17-15(21-2)14(12)18;1-12-9-7-4-2-3-6(7)8(10)5-11-9/h3-9H,1-2H3;2-3,5H,4H2,1H3. The molecule has 0 saturated heterocycles. The second kappa shape index (κ2) is 9.89. The van der Waals surface area contributed by atoms with Gasteiger partial charge in [-0.15, -0.1) is 0 Å². The minimum absolute atomic E-state index is 0.220. The number of hydrogen-bond donors (Lipinski definition) is 0. The molecule has 4 aromatic rings. The van der Waals surface area contributed by atoms with Gasteiger partial charge in [-0.1, -0.05) is 29.8 Å². The second-order valence-corrected chi connectivity index (χ2v) is 10.9. The van der Waals surface area contributed by atoms with E-state index in [9.17, 15) is 8.42 Å². The van der Waals surface area contributed by atoms with E-state index in [-0.39, 0.29) is 10.8 Å². The third-order valence-electron chi connectivity index (χ3n) is 5.31. The van der Waals surface area contributed by atoms with Gasteiger partial charge in [0.25, 0.3) is 10.0 Å². The van der Waals surface area contributed by atoms with Crippen LogP contribution in [0.25, 0.3) is 17.0 Å². The zero-order valence-electron chi connectivity index (χ0n) is 18.6. The van der Waals surface area contributed by atoms with Gasteiger partial charge in [-0.05, 0) is 69.0 Å². The summed E-state index contributed by atoms with van der Waals surface area (Å²) < 4.78 is 39.0. The molecule has 0 spiro atoms. The van der Waals surface area contributed by atoms with Gasteiger partial charge < -0.3 is 9.47 Å². The lowest BCUT2D eigenvalue weighted by Crippen LogP contribution is -2.12. The van der Waals surface area contributed by atoms with Crippen molar-refractivity contribution >= 4 is 58.9 Å². The Kier molecular flexibility index (Phi) is 7.11. The maximum absolute atomic E-state index is 12.9. The first-order valence-electron chi connectivity index (χ1n) is 10.2. The fourth-order valence-electron chi connectivity index (χ4n) is 3.61. The van der Waals surface area contributed by atoms with E-state index in [1.807, 2.05) is 6.92 Å². The van der Waals surface area contributed by atoms with E-state index < -0.39 is 10.0 Å². The number of ether oxygens (including phenoxy) is 2. The van der Waals surface area contributed by atoms with Gasteiger partial charge in [-0.3, -0.25) is 0 Å². The Bertz CT molecular complexity index is 1500. The van der Waals surface area contributed by atoms with Gasteiger partial charge in [0.05, 0.1) is 19.1 Å². The molecule has 0 aliphatic heterocycles. The minimum Gasteiger partial charge on any atom is -0.481 e. The van der Waals surface area contributed by atoms with Gasteiger partial charge in [0.1, 0.15) is 5.52 Å². The van der Waals surface area contributed by atoms with Crippen LogP contribution in [0.3, 0.4) is 0 Å². The van der Waals surface area contributed by atoms with Crippen LogP contribution < -0.4 is 9.47 Å². The number of allylic oxidation sites excluding steroid dienone is 1. The van der Waals surface area contributed by atoms with Crippen LogP contribution in [0.2, 0.25) is 0 Å². The Morgan fingerprint density at radius 1 is 0.941 bits per heavy atom. The highest BCUT2D eigenvalue weighted by Gasteiger charge is 2.22. The molecule has 5 rings (SSSR count). The number of pyridine rings is 2. The third-order valence-corrected chi connectivity index (χ3v) is 8.27. The zero-order valence-corrected chi connectivity index (χ0v) is 22.6. The molecule has 7 nitrogen and oxygen atoms in total. The van der Waals surface area contributed by atoms with E-state index in [0.29, 0.717) is 9.99 Å². The fraction of sp³-hybridized carbons (Fsp3) is 0.167. The number of aryl methyl sites for hydroxylation is 1. The molecule has 0 N–H and O–H groups in total. The summed E-state index contributed by atoms with van der Waals surface area (Å²) in [6.45, 7) is 1.91. The Morgan fingerprint density at radius 3 is 2.26 bits per heavy atom. The highest BCUT2D eigenvalue weighted by Crippen LogP contribution is 2.33. The van der Waals surface area contributed by atoms with Gasteiger partial charge in [0, 0.05) is 38.5 Å². The van der Waals surface area contributed by atoms with Gasteiger partial charge in [-0.25, -0.2) is 22.4 Å². The van der Waals surface area contributed by atoms with Crippen molar-refractivity contribution in [3.63, 3.8) is 0 Å². The average Bonchev–Trinajstić information content (AvgIpc) is 3.50. The molecule has 1 aromatic carbocycles. The fourth-order valence-corrected chi connectivity index (χ4v) is 5.85. The number of benzene rings is 1. The lowest BCUT2D eigenvalue weighted by molar-refractivity contribution is 0.393. The highest BCUT2D eigenvalue weighted by atomic mass is 79.9. The van der Waals surface area contributed by atoms with E-state index in [1.54, 1.807) is 49.8 Å². The first-order chi connectivity index (χ1) is 16.3. The molecule has 0 saturated carbocycles. The highest BCUT2D eigenvalue weighted by molar-refractivity contribution is 9.11. The van der Waals surface area contributed by atoms with Crippen molar-refractivity contribution in [2.75, 3.05) is 14.2 Å². The van der Waals surface area contributed by atoms with E-state index in [2.05, 4.69) is 54.0 Å². The minimum atomic E-state index is -3.71. The summed E-state index contributed by atoms with van der Waals surface area (Å²) >= 11 is 6.82. The van der Waals surface area contributed by atoms with Crippen molar-refractivity contribution in [1.82, 2.24) is 13.9 Å². The Morgan fingerprint density at radius 2 is 1.59 bits per heavy atom. The normalized spacial score (nSPS) is 12.3. The molecule has 0 radical (unpaired) electrons. The number of rotatable bonds is 4. The lowest BCUT2D eigenvalue weighted by Gasteiger charge is -2.10. The van der Waals surface area contributed by atoms with Crippen LogP contribution >= 0.6 is 31.9 Å². The molecular weight excluding hydrogens is 586 g/mol. The van der Waals surface area contributed by atoms with Gasteiger partial charge in [-0.2, -0.15) is 0 Å². The Hall–Kier alpha value is -2.69. The van der Waals surface area contributed by atoms with Crippen LogP contribution in [0.1, 0.15) is 16.7 Å². The van der Waals surface area contributed by atoms with Crippen molar-refractivity contribution in [2.24, 2.45) is 0 Å². The number of aromatic nitrogens is 3. The molecule has 34 heavy (non-hydrogen) atoms. The number of hydrogen-bond acceptors (Lipinski definition) is 6. The second-order valence-electron chi connectivity index (χ2n) is 7.42. The van der Waals surface area contributed by atoms with Crippen molar-refractivity contribution < 1.29 is 17.9 Å². The summed E-state index contributed by atoms with van der Waals surface area (Å²) in [6.07, 6.45) is 9.99. The first kappa shape index (κ1) is 24.4. The maximum Gasteiger partial charge on any atom is 0.268 e. The first-order valence-corrected chi connectivity index (χ1v) is 13.2. The molecule has 10 heteroatoms. The largest absolute Gasteiger partial charge is 0.481 e. The summed E-state index contributed by atoms with van der Waals surface area (Å²) in [5.41, 5.74) is 3.78. The van der Waals surface area contributed by atoms with Crippen molar-refractivity contribution in [2.45, 2.75) is 18.2 Å². The lowest BCUT2D eigenvalue weighted by atomic mass is 10.2. The molecule has 0 fully saturated rings. The summed E-state index contributed by atoms with van der Waals surface area (Å²) in [6, 6.07) is 8.44. The van der Waals surface area contributed by atoms with E-state index >= 15 is 0 Å². The quantitative estimate of drug-likeness (QED) is 0.293. The maximum atomic E-state index is 12.9. The van der Waals surface area contributed by atoms with Crippen molar-refractivity contribution in [3.8, 4) is 11.8 Å². The van der Waals surface area contributed by atoms with Crippen LogP contribution in [0.5, 0.6) is 11.8 Å². The molecule has 1 aliphatic carbocycles. The number of fused-ring (bicyclic) bond motifs is 2. The van der Waals surface area contributed by atoms with Gasteiger partial charge in [0.2, 0.25) is 11.8 Å². The van der Waals surface area contributed by atoms with Gasteiger partial charge in [0.15, 0.2) is 0 Å². The molecule has 0 atom stereocenters. The monoisotopic (exact) mass is 605 g/mol.